The highest BCUT2D eigenvalue weighted by Gasteiger charge is 2.44. The van der Waals surface area contributed by atoms with E-state index in [2.05, 4.69) is 36.4 Å². The molecule has 1 atom stereocenters. The fourth-order valence-corrected chi connectivity index (χ4v) is 4.95. The fourth-order valence-electron chi connectivity index (χ4n) is 4.63. The fraction of sp³-hybridized carbons (Fsp3) is 0.435. The number of hydrogen-bond donors (Lipinski definition) is 1. The molecule has 1 fully saturated rings. The Labute approximate surface area is 167 Å². The van der Waals surface area contributed by atoms with Gasteiger partial charge in [-0.05, 0) is 69.6 Å². The number of hydrogen-bond acceptors (Lipinski definition) is 2. The summed E-state index contributed by atoms with van der Waals surface area (Å²) in [6.45, 7) is 3.89. The van der Waals surface area contributed by atoms with Crippen molar-refractivity contribution in [2.75, 3.05) is 14.1 Å². The molecule has 0 bridgehead atoms. The number of benzene rings is 2. The van der Waals surface area contributed by atoms with Crippen molar-refractivity contribution < 1.29 is 4.79 Å². The molecule has 0 aliphatic heterocycles. The Morgan fingerprint density at radius 1 is 1.07 bits per heavy atom. The third-order valence-electron chi connectivity index (χ3n) is 6.03. The van der Waals surface area contributed by atoms with Gasteiger partial charge < -0.3 is 10.2 Å². The van der Waals surface area contributed by atoms with Crippen LogP contribution in [0.2, 0.25) is 5.02 Å². The minimum Gasteiger partial charge on any atom is -0.343 e. The summed E-state index contributed by atoms with van der Waals surface area (Å²) in [5.74, 6) is -0.0244. The summed E-state index contributed by atoms with van der Waals surface area (Å²) >= 11 is 6.16. The van der Waals surface area contributed by atoms with Crippen LogP contribution in [0.4, 0.5) is 0 Å². The van der Waals surface area contributed by atoms with Gasteiger partial charge in [0.2, 0.25) is 0 Å². The van der Waals surface area contributed by atoms with Crippen LogP contribution in [0.15, 0.2) is 42.5 Å². The van der Waals surface area contributed by atoms with Gasteiger partial charge in [-0.3, -0.25) is 4.79 Å². The SMILES string of the molecule is Cc1cc(Cl)cc(C)c1C(=O)NC(c1ccccc1)C1(N(C)C)CCCC1. The van der Waals surface area contributed by atoms with Crippen LogP contribution in [0.1, 0.15) is 58.8 Å². The maximum absolute atomic E-state index is 13.3. The molecule has 27 heavy (non-hydrogen) atoms. The molecule has 0 aromatic heterocycles. The summed E-state index contributed by atoms with van der Waals surface area (Å²) in [6, 6.07) is 14.0. The zero-order valence-corrected chi connectivity index (χ0v) is 17.4. The summed E-state index contributed by atoms with van der Waals surface area (Å²) < 4.78 is 0. The van der Waals surface area contributed by atoms with Gasteiger partial charge in [-0.15, -0.1) is 0 Å². The zero-order chi connectivity index (χ0) is 19.6. The minimum absolute atomic E-state index is 0.0244. The Hall–Kier alpha value is -1.84. The Kier molecular flexibility index (Phi) is 5.92. The van der Waals surface area contributed by atoms with E-state index < -0.39 is 0 Å². The number of likely N-dealkylation sites (N-methyl/N-ethyl adjacent to an activating group) is 1. The second-order valence-electron chi connectivity index (χ2n) is 7.94. The molecule has 1 aliphatic carbocycles. The summed E-state index contributed by atoms with van der Waals surface area (Å²) in [7, 11) is 4.26. The number of rotatable bonds is 5. The molecular weight excluding hydrogens is 356 g/mol. The van der Waals surface area contributed by atoms with Crippen LogP contribution in [0.25, 0.3) is 0 Å². The molecule has 2 aromatic carbocycles. The number of halogens is 1. The first-order valence-corrected chi connectivity index (χ1v) is 10.0. The predicted octanol–water partition coefficient (Wildman–Crippen LogP) is 5.30. The van der Waals surface area contributed by atoms with Crippen molar-refractivity contribution in [3.05, 3.63) is 69.7 Å². The van der Waals surface area contributed by atoms with E-state index in [1.54, 1.807) is 0 Å². The predicted molar refractivity (Wildman–Crippen MR) is 112 cm³/mol. The van der Waals surface area contributed by atoms with Crippen molar-refractivity contribution in [2.24, 2.45) is 0 Å². The van der Waals surface area contributed by atoms with E-state index in [4.69, 9.17) is 11.6 Å². The van der Waals surface area contributed by atoms with E-state index in [1.807, 2.05) is 44.2 Å². The van der Waals surface area contributed by atoms with Gasteiger partial charge in [0.25, 0.3) is 5.91 Å². The highest BCUT2D eigenvalue weighted by molar-refractivity contribution is 6.30. The first-order valence-electron chi connectivity index (χ1n) is 9.65. The van der Waals surface area contributed by atoms with E-state index in [1.165, 1.54) is 12.8 Å². The van der Waals surface area contributed by atoms with E-state index in [0.29, 0.717) is 5.02 Å². The monoisotopic (exact) mass is 384 g/mol. The maximum Gasteiger partial charge on any atom is 0.252 e. The average Bonchev–Trinajstić information content (AvgIpc) is 3.10. The second-order valence-corrected chi connectivity index (χ2v) is 8.37. The molecule has 1 unspecified atom stereocenters. The topological polar surface area (TPSA) is 32.3 Å². The summed E-state index contributed by atoms with van der Waals surface area (Å²) in [6.07, 6.45) is 4.55. The van der Waals surface area contributed by atoms with Crippen LogP contribution in [0.3, 0.4) is 0 Å². The standard InChI is InChI=1S/C23H29ClN2O/c1-16-14-19(24)15-17(2)20(16)22(27)25-21(18-10-6-5-7-11-18)23(26(3)4)12-8-9-13-23/h5-7,10-11,14-15,21H,8-9,12-13H2,1-4H3,(H,25,27). The van der Waals surface area contributed by atoms with E-state index >= 15 is 0 Å². The van der Waals surface area contributed by atoms with E-state index in [0.717, 1.165) is 35.1 Å². The van der Waals surface area contributed by atoms with Crippen molar-refractivity contribution in [1.29, 1.82) is 0 Å². The lowest BCUT2D eigenvalue weighted by molar-refractivity contribution is 0.0765. The minimum atomic E-state index is -0.0642. The first-order chi connectivity index (χ1) is 12.8. The molecule has 4 heteroatoms. The van der Waals surface area contributed by atoms with Gasteiger partial charge >= 0.3 is 0 Å². The molecule has 0 radical (unpaired) electrons. The summed E-state index contributed by atoms with van der Waals surface area (Å²) in [5.41, 5.74) is 3.65. The van der Waals surface area contributed by atoms with Crippen molar-refractivity contribution in [2.45, 2.75) is 51.1 Å². The van der Waals surface area contributed by atoms with Crippen molar-refractivity contribution in [1.82, 2.24) is 10.2 Å². The Bertz CT molecular complexity index is 787. The smallest absolute Gasteiger partial charge is 0.252 e. The first kappa shape index (κ1) is 19.9. The number of carbonyl (C=O) groups is 1. The molecule has 3 rings (SSSR count). The number of aryl methyl sites for hydroxylation is 2. The Morgan fingerprint density at radius 3 is 2.15 bits per heavy atom. The molecule has 3 nitrogen and oxygen atoms in total. The molecule has 1 aliphatic rings. The van der Waals surface area contributed by atoms with Gasteiger partial charge in [0, 0.05) is 16.1 Å². The van der Waals surface area contributed by atoms with Gasteiger partial charge in [0.15, 0.2) is 0 Å². The molecule has 144 valence electrons. The van der Waals surface area contributed by atoms with Crippen LogP contribution < -0.4 is 5.32 Å². The largest absolute Gasteiger partial charge is 0.343 e. The van der Waals surface area contributed by atoms with Crippen LogP contribution >= 0.6 is 11.6 Å². The van der Waals surface area contributed by atoms with Gasteiger partial charge in [-0.1, -0.05) is 54.8 Å². The lowest BCUT2D eigenvalue weighted by Gasteiger charge is -2.44. The van der Waals surface area contributed by atoms with Crippen LogP contribution in [0.5, 0.6) is 0 Å². The molecule has 0 heterocycles. The lowest BCUT2D eigenvalue weighted by Crippen LogP contribution is -2.53. The van der Waals surface area contributed by atoms with Gasteiger partial charge in [0.05, 0.1) is 6.04 Å². The quantitative estimate of drug-likeness (QED) is 0.758. The van der Waals surface area contributed by atoms with E-state index in [9.17, 15) is 4.79 Å². The number of carbonyl (C=O) groups excluding carboxylic acids is 1. The third-order valence-corrected chi connectivity index (χ3v) is 6.25. The van der Waals surface area contributed by atoms with Crippen molar-refractivity contribution in [3.8, 4) is 0 Å². The average molecular weight is 385 g/mol. The molecule has 0 saturated heterocycles. The van der Waals surface area contributed by atoms with Gasteiger partial charge in [-0.25, -0.2) is 0 Å². The van der Waals surface area contributed by atoms with Crippen LogP contribution in [0, 0.1) is 13.8 Å². The molecule has 1 amide bonds. The van der Waals surface area contributed by atoms with Crippen LogP contribution in [-0.4, -0.2) is 30.4 Å². The number of nitrogens with one attached hydrogen (secondary N) is 1. The second kappa shape index (κ2) is 8.04. The number of nitrogens with zero attached hydrogens (tertiary/aromatic N) is 1. The van der Waals surface area contributed by atoms with Crippen molar-refractivity contribution >= 4 is 17.5 Å². The highest BCUT2D eigenvalue weighted by atomic mass is 35.5. The third kappa shape index (κ3) is 3.90. The normalized spacial score (nSPS) is 17.1. The molecule has 2 aromatic rings. The summed E-state index contributed by atoms with van der Waals surface area (Å²) in [5, 5.41) is 4.06. The lowest BCUT2D eigenvalue weighted by atomic mass is 9.82. The van der Waals surface area contributed by atoms with Gasteiger partial charge in [0.1, 0.15) is 0 Å². The van der Waals surface area contributed by atoms with E-state index in [-0.39, 0.29) is 17.5 Å². The van der Waals surface area contributed by atoms with Crippen molar-refractivity contribution in [3.63, 3.8) is 0 Å². The highest BCUT2D eigenvalue weighted by Crippen LogP contribution is 2.43. The number of amides is 1. The molecular formula is C23H29ClN2O. The molecule has 1 N–H and O–H groups in total. The molecule has 0 spiro atoms. The van der Waals surface area contributed by atoms with Gasteiger partial charge in [-0.2, -0.15) is 0 Å². The molecule has 1 saturated carbocycles. The maximum atomic E-state index is 13.3. The Balaban J connectivity index is 2.01. The van der Waals surface area contributed by atoms with Crippen LogP contribution in [-0.2, 0) is 0 Å². The zero-order valence-electron chi connectivity index (χ0n) is 16.7. The Morgan fingerprint density at radius 2 is 1.63 bits per heavy atom. The summed E-state index contributed by atoms with van der Waals surface area (Å²) in [4.78, 5) is 15.6.